The molecule has 1 aromatic carbocycles. The number of nitrogens with one attached hydrogen (secondary N) is 2. The predicted octanol–water partition coefficient (Wildman–Crippen LogP) is 8.71. The van der Waals surface area contributed by atoms with Crippen LogP contribution in [0.2, 0.25) is 0 Å². The standard InChI is InChI=1S/C25H36N2OS2/c1-2-3-4-5-6-7-8-9-10-11-12-13-14-15-16-17-24(28)26-21-18-19-22-23(20-21)30-25(29)27-22/h6-7,9-10,18-20H,2-5,8,11-17H2,1H3,(H,26,28)(H,27,29)/b7-6+,10-9+. The maximum absolute atomic E-state index is 12.1. The number of benzene rings is 1. The first kappa shape index (κ1) is 24.5. The first-order valence-corrected chi connectivity index (χ1v) is 12.6. The quantitative estimate of drug-likeness (QED) is 0.164. The van der Waals surface area contributed by atoms with Crippen LogP contribution in [0, 0.1) is 3.95 Å². The minimum atomic E-state index is 0.0964. The number of anilines is 1. The molecule has 0 radical (unpaired) electrons. The van der Waals surface area contributed by atoms with Gasteiger partial charge in [0.1, 0.15) is 0 Å². The van der Waals surface area contributed by atoms with Crippen molar-refractivity contribution in [2.45, 2.75) is 84.0 Å². The van der Waals surface area contributed by atoms with Crippen LogP contribution in [0.15, 0.2) is 42.5 Å². The van der Waals surface area contributed by atoms with E-state index in [2.05, 4.69) is 41.5 Å². The fourth-order valence-corrected chi connectivity index (χ4v) is 4.50. The molecule has 0 spiro atoms. The highest BCUT2D eigenvalue weighted by molar-refractivity contribution is 7.73. The van der Waals surface area contributed by atoms with Gasteiger partial charge in [0.05, 0.1) is 10.2 Å². The first-order chi connectivity index (χ1) is 14.7. The third-order valence-electron chi connectivity index (χ3n) is 5.06. The van der Waals surface area contributed by atoms with E-state index in [9.17, 15) is 4.79 Å². The zero-order valence-electron chi connectivity index (χ0n) is 18.3. The van der Waals surface area contributed by atoms with Gasteiger partial charge in [0.25, 0.3) is 0 Å². The van der Waals surface area contributed by atoms with E-state index in [-0.39, 0.29) is 5.91 Å². The molecule has 5 heteroatoms. The molecule has 0 aliphatic carbocycles. The van der Waals surface area contributed by atoms with E-state index in [1.54, 1.807) is 0 Å². The van der Waals surface area contributed by atoms with Crippen molar-refractivity contribution >= 4 is 45.4 Å². The Kier molecular flexibility index (Phi) is 12.4. The summed E-state index contributed by atoms with van der Waals surface area (Å²) in [6.07, 6.45) is 22.9. The van der Waals surface area contributed by atoms with E-state index in [0.29, 0.717) is 6.42 Å². The van der Waals surface area contributed by atoms with E-state index < -0.39 is 0 Å². The molecule has 2 aromatic rings. The number of rotatable bonds is 15. The van der Waals surface area contributed by atoms with Crippen molar-refractivity contribution in [1.82, 2.24) is 4.98 Å². The molecule has 1 amide bonds. The highest BCUT2D eigenvalue weighted by Gasteiger charge is 2.04. The summed E-state index contributed by atoms with van der Waals surface area (Å²) in [4.78, 5) is 15.3. The van der Waals surface area contributed by atoms with Crippen molar-refractivity contribution in [3.8, 4) is 0 Å². The average molecular weight is 445 g/mol. The topological polar surface area (TPSA) is 44.9 Å². The van der Waals surface area contributed by atoms with E-state index >= 15 is 0 Å². The van der Waals surface area contributed by atoms with Crippen LogP contribution >= 0.6 is 23.6 Å². The molecular weight excluding hydrogens is 408 g/mol. The van der Waals surface area contributed by atoms with Crippen molar-refractivity contribution in [3.63, 3.8) is 0 Å². The number of hydrogen-bond donors (Lipinski definition) is 2. The van der Waals surface area contributed by atoms with E-state index in [1.807, 2.05) is 18.2 Å². The molecule has 0 saturated carbocycles. The van der Waals surface area contributed by atoms with Crippen molar-refractivity contribution in [2.24, 2.45) is 0 Å². The third-order valence-corrected chi connectivity index (χ3v) is 6.26. The number of unbranched alkanes of at least 4 members (excludes halogenated alkanes) is 8. The lowest BCUT2D eigenvalue weighted by molar-refractivity contribution is -0.116. The van der Waals surface area contributed by atoms with Gasteiger partial charge >= 0.3 is 0 Å². The summed E-state index contributed by atoms with van der Waals surface area (Å²) in [6.45, 7) is 2.24. The number of aromatic nitrogens is 1. The minimum absolute atomic E-state index is 0.0964. The van der Waals surface area contributed by atoms with Crippen LogP contribution in [0.5, 0.6) is 0 Å². The highest BCUT2D eigenvalue weighted by Crippen LogP contribution is 2.23. The lowest BCUT2D eigenvalue weighted by atomic mass is 10.1. The number of carbonyl (C=O) groups is 1. The second-order valence-electron chi connectivity index (χ2n) is 7.75. The smallest absolute Gasteiger partial charge is 0.224 e. The second-order valence-corrected chi connectivity index (χ2v) is 9.47. The average Bonchev–Trinajstić information content (AvgIpc) is 3.10. The van der Waals surface area contributed by atoms with Crippen molar-refractivity contribution in [1.29, 1.82) is 0 Å². The Labute approximate surface area is 190 Å². The molecule has 3 nitrogen and oxygen atoms in total. The molecule has 1 aromatic heterocycles. The Morgan fingerprint density at radius 1 is 1.00 bits per heavy atom. The van der Waals surface area contributed by atoms with Crippen molar-refractivity contribution in [3.05, 3.63) is 46.5 Å². The summed E-state index contributed by atoms with van der Waals surface area (Å²) in [5.74, 6) is 0.0964. The van der Waals surface area contributed by atoms with Crippen LogP contribution in [0.4, 0.5) is 5.69 Å². The lowest BCUT2D eigenvalue weighted by Crippen LogP contribution is -2.10. The van der Waals surface area contributed by atoms with Crippen LogP contribution < -0.4 is 5.32 Å². The fraction of sp³-hybridized carbons (Fsp3) is 0.520. The van der Waals surface area contributed by atoms with Gasteiger partial charge in [-0.25, -0.2) is 0 Å². The van der Waals surface area contributed by atoms with Gasteiger partial charge < -0.3 is 10.3 Å². The summed E-state index contributed by atoms with van der Waals surface area (Å²) >= 11 is 6.69. The SMILES string of the molecule is CCCCC/C=C/C/C=C/CCCCCCCC(=O)Nc1ccc2[nH]c(=S)sc2c1. The Morgan fingerprint density at radius 3 is 2.47 bits per heavy atom. The number of carbonyl (C=O) groups excluding carboxylic acids is 1. The van der Waals surface area contributed by atoms with Gasteiger partial charge in [0.2, 0.25) is 5.91 Å². The van der Waals surface area contributed by atoms with Gasteiger partial charge in [-0.3, -0.25) is 4.79 Å². The summed E-state index contributed by atoms with van der Waals surface area (Å²) in [7, 11) is 0. The molecule has 2 rings (SSSR count). The summed E-state index contributed by atoms with van der Waals surface area (Å²) in [5, 5.41) is 3.00. The van der Waals surface area contributed by atoms with Crippen molar-refractivity contribution in [2.75, 3.05) is 5.32 Å². The normalized spacial score (nSPS) is 11.8. The fourth-order valence-electron chi connectivity index (χ4n) is 3.34. The minimum Gasteiger partial charge on any atom is -0.337 e. The zero-order valence-corrected chi connectivity index (χ0v) is 19.9. The lowest BCUT2D eigenvalue weighted by Gasteiger charge is -2.05. The molecule has 0 fully saturated rings. The molecule has 0 aliphatic heterocycles. The molecule has 0 atom stereocenters. The molecular formula is C25H36N2OS2. The highest BCUT2D eigenvalue weighted by atomic mass is 32.1. The van der Waals surface area contributed by atoms with Crippen LogP contribution in [-0.4, -0.2) is 10.9 Å². The summed E-state index contributed by atoms with van der Waals surface area (Å²) < 4.78 is 1.84. The number of amides is 1. The number of H-pyrrole nitrogens is 1. The van der Waals surface area contributed by atoms with Crippen LogP contribution in [0.3, 0.4) is 0 Å². The predicted molar refractivity (Wildman–Crippen MR) is 135 cm³/mol. The van der Waals surface area contributed by atoms with Gasteiger partial charge in [-0.2, -0.15) is 0 Å². The van der Waals surface area contributed by atoms with Gasteiger partial charge in [0.15, 0.2) is 3.95 Å². The van der Waals surface area contributed by atoms with E-state index in [0.717, 1.165) is 39.1 Å². The third kappa shape index (κ3) is 10.4. The van der Waals surface area contributed by atoms with Gasteiger partial charge in [-0.05, 0) is 68.9 Å². The van der Waals surface area contributed by atoms with Crippen LogP contribution in [-0.2, 0) is 4.79 Å². The number of aromatic amines is 1. The zero-order chi connectivity index (χ0) is 21.4. The Hall–Kier alpha value is -1.72. The maximum Gasteiger partial charge on any atom is 0.224 e. The van der Waals surface area contributed by atoms with Crippen LogP contribution in [0.25, 0.3) is 10.2 Å². The molecule has 0 bridgehead atoms. The molecule has 0 unspecified atom stereocenters. The van der Waals surface area contributed by atoms with Crippen LogP contribution in [0.1, 0.15) is 84.0 Å². The largest absolute Gasteiger partial charge is 0.337 e. The molecule has 0 aliphatic rings. The monoisotopic (exact) mass is 444 g/mol. The summed E-state index contributed by atoms with van der Waals surface area (Å²) in [6, 6.07) is 5.88. The van der Waals surface area contributed by atoms with Gasteiger partial charge in [0, 0.05) is 12.1 Å². The number of allylic oxidation sites excluding steroid dienone is 4. The Balaban J connectivity index is 1.46. The first-order valence-electron chi connectivity index (χ1n) is 11.4. The Bertz CT molecular complexity index is 863. The van der Waals surface area contributed by atoms with E-state index in [4.69, 9.17) is 12.2 Å². The van der Waals surface area contributed by atoms with Gasteiger partial charge in [-0.1, -0.05) is 63.3 Å². The van der Waals surface area contributed by atoms with Crippen molar-refractivity contribution < 1.29 is 4.79 Å². The molecule has 1 heterocycles. The molecule has 2 N–H and O–H groups in total. The number of hydrogen-bond acceptors (Lipinski definition) is 3. The number of fused-ring (bicyclic) bond motifs is 1. The molecule has 164 valence electrons. The second kappa shape index (κ2) is 15.1. The molecule has 30 heavy (non-hydrogen) atoms. The summed E-state index contributed by atoms with van der Waals surface area (Å²) in [5.41, 5.74) is 1.87. The van der Waals surface area contributed by atoms with Gasteiger partial charge in [-0.15, -0.1) is 11.3 Å². The van der Waals surface area contributed by atoms with E-state index in [1.165, 1.54) is 62.7 Å². The maximum atomic E-state index is 12.1. The molecule has 0 saturated heterocycles. The number of thiazole rings is 1. The Morgan fingerprint density at radius 2 is 1.70 bits per heavy atom.